The third-order valence-corrected chi connectivity index (χ3v) is 8.61. The second-order valence-electron chi connectivity index (χ2n) is 4.96. The van der Waals surface area contributed by atoms with Crippen LogP contribution in [0.25, 0.3) is 0 Å². The lowest BCUT2D eigenvalue weighted by molar-refractivity contribution is 0.0937. The van der Waals surface area contributed by atoms with Crippen molar-refractivity contribution in [3.63, 3.8) is 0 Å². The molecule has 2 N–H and O–H groups in total. The molecule has 3 heterocycles. The molecule has 0 aliphatic carbocycles. The summed E-state index contributed by atoms with van der Waals surface area (Å²) < 4.78 is 27.2. The molecule has 0 saturated heterocycles. The monoisotopic (exact) mass is 378 g/mol. The number of H-pyrrole nitrogens is 1. The zero-order valence-corrected chi connectivity index (χ0v) is 14.5. The molecule has 0 unspecified atom stereocenters. The highest BCUT2D eigenvalue weighted by Crippen LogP contribution is 2.39. The summed E-state index contributed by atoms with van der Waals surface area (Å²) in [6, 6.07) is 1.29. The normalized spacial score (nSPS) is 23.0. The van der Waals surface area contributed by atoms with Crippen LogP contribution in [-0.4, -0.2) is 23.9 Å². The topological polar surface area (TPSA) is 96.1 Å². The third-order valence-electron chi connectivity index (χ3n) is 3.55. The molecule has 1 amide bonds. The van der Waals surface area contributed by atoms with Gasteiger partial charge in [-0.3, -0.25) is 14.0 Å². The first-order valence-corrected chi connectivity index (χ1v) is 9.93. The van der Waals surface area contributed by atoms with E-state index >= 15 is 0 Å². The van der Waals surface area contributed by atoms with Gasteiger partial charge in [0.25, 0.3) is 11.5 Å². The first-order valence-electron chi connectivity index (χ1n) is 6.31. The average molecular weight is 379 g/mol. The SMILES string of the molecule is C[C@H]1C[C@H](NC(=O)c2s[nH]c(=O)c2Cl)c2ccsc2S1(=O)=O. The van der Waals surface area contributed by atoms with Crippen LogP contribution in [0.2, 0.25) is 5.02 Å². The second kappa shape index (κ2) is 5.48. The molecule has 2 aromatic heterocycles. The van der Waals surface area contributed by atoms with Gasteiger partial charge in [-0.1, -0.05) is 23.1 Å². The first-order chi connectivity index (χ1) is 10.3. The number of fused-ring (bicyclic) bond motifs is 1. The lowest BCUT2D eigenvalue weighted by Gasteiger charge is -2.27. The van der Waals surface area contributed by atoms with Crippen LogP contribution in [0.5, 0.6) is 0 Å². The van der Waals surface area contributed by atoms with E-state index in [0.29, 0.717) is 9.77 Å². The molecule has 2 aromatic rings. The van der Waals surface area contributed by atoms with Crippen LogP contribution >= 0.6 is 34.5 Å². The van der Waals surface area contributed by atoms with Gasteiger partial charge in [-0.2, -0.15) is 0 Å². The van der Waals surface area contributed by atoms with Gasteiger partial charge in [0.15, 0.2) is 9.84 Å². The number of hydrogen-bond donors (Lipinski definition) is 2. The van der Waals surface area contributed by atoms with E-state index < -0.39 is 32.6 Å². The first kappa shape index (κ1) is 15.7. The standard InChI is InChI=1S/C12H11ClN2O4S3/c1-5-4-7(6-2-3-20-12(6)22(5,18)19)14-11(17)9-8(13)10(16)15-21-9/h2-3,5,7H,4H2,1H3,(H,14,17)(H,15,16)/t5-,7-/m0/s1. The van der Waals surface area contributed by atoms with Gasteiger partial charge >= 0.3 is 0 Å². The molecule has 118 valence electrons. The Kier molecular flexibility index (Phi) is 3.92. The van der Waals surface area contributed by atoms with E-state index in [0.717, 1.165) is 22.9 Å². The van der Waals surface area contributed by atoms with E-state index in [1.165, 1.54) is 0 Å². The Morgan fingerprint density at radius 1 is 1.50 bits per heavy atom. The van der Waals surface area contributed by atoms with E-state index in [9.17, 15) is 18.0 Å². The van der Waals surface area contributed by atoms with Crippen molar-refractivity contribution in [3.8, 4) is 0 Å². The molecule has 6 nitrogen and oxygen atoms in total. The minimum absolute atomic E-state index is 0.101. The number of hydrogen-bond acceptors (Lipinski definition) is 6. The Morgan fingerprint density at radius 3 is 2.86 bits per heavy atom. The number of aromatic nitrogens is 1. The van der Waals surface area contributed by atoms with Crippen molar-refractivity contribution in [2.45, 2.75) is 28.8 Å². The zero-order valence-electron chi connectivity index (χ0n) is 11.3. The smallest absolute Gasteiger partial charge is 0.277 e. The van der Waals surface area contributed by atoms with Crippen molar-refractivity contribution in [2.24, 2.45) is 0 Å². The fourth-order valence-corrected chi connectivity index (χ4v) is 6.53. The van der Waals surface area contributed by atoms with Gasteiger partial charge in [0.2, 0.25) is 0 Å². The number of rotatable bonds is 2. The van der Waals surface area contributed by atoms with E-state index in [1.54, 1.807) is 18.4 Å². The minimum Gasteiger partial charge on any atom is -0.344 e. The Morgan fingerprint density at radius 2 is 2.23 bits per heavy atom. The van der Waals surface area contributed by atoms with E-state index in [-0.39, 0.29) is 16.3 Å². The van der Waals surface area contributed by atoms with Gasteiger partial charge in [0.1, 0.15) is 14.1 Å². The van der Waals surface area contributed by atoms with Crippen LogP contribution in [0.3, 0.4) is 0 Å². The van der Waals surface area contributed by atoms with Crippen molar-refractivity contribution < 1.29 is 13.2 Å². The average Bonchev–Trinajstić information content (AvgIpc) is 3.06. The van der Waals surface area contributed by atoms with E-state index in [1.807, 2.05) is 0 Å². The molecular formula is C12H11ClN2O4S3. The van der Waals surface area contributed by atoms with Crippen LogP contribution in [0.1, 0.15) is 34.6 Å². The van der Waals surface area contributed by atoms with Crippen molar-refractivity contribution in [2.75, 3.05) is 0 Å². The molecule has 0 aromatic carbocycles. The lowest BCUT2D eigenvalue weighted by atomic mass is 10.0. The van der Waals surface area contributed by atoms with Crippen LogP contribution in [0.15, 0.2) is 20.5 Å². The highest BCUT2D eigenvalue weighted by molar-refractivity contribution is 7.94. The number of halogens is 1. The number of carbonyl (C=O) groups excluding carboxylic acids is 1. The Balaban J connectivity index is 1.93. The molecule has 1 aliphatic rings. The summed E-state index contributed by atoms with van der Waals surface area (Å²) in [7, 11) is -3.33. The molecule has 2 atom stereocenters. The number of aromatic amines is 1. The Hall–Kier alpha value is -1.16. The summed E-state index contributed by atoms with van der Waals surface area (Å²) in [4.78, 5) is 23.7. The maximum atomic E-state index is 12.3. The number of carbonyl (C=O) groups is 1. The summed E-state index contributed by atoms with van der Waals surface area (Å²) in [6.45, 7) is 1.62. The molecule has 0 bridgehead atoms. The molecule has 0 spiro atoms. The predicted molar refractivity (Wildman–Crippen MR) is 85.7 cm³/mol. The van der Waals surface area contributed by atoms with Gasteiger partial charge in [-0.25, -0.2) is 8.42 Å². The van der Waals surface area contributed by atoms with Gasteiger partial charge < -0.3 is 5.32 Å². The summed E-state index contributed by atoms with van der Waals surface area (Å²) in [5, 5.41) is 3.74. The molecule has 0 saturated carbocycles. The lowest BCUT2D eigenvalue weighted by Crippen LogP contribution is -2.36. The van der Waals surface area contributed by atoms with Crippen molar-refractivity contribution in [3.05, 3.63) is 37.3 Å². The number of thiophene rings is 1. The minimum atomic E-state index is -3.33. The number of nitrogens with one attached hydrogen (secondary N) is 2. The van der Waals surface area contributed by atoms with Crippen LogP contribution in [0, 0.1) is 0 Å². The highest BCUT2D eigenvalue weighted by Gasteiger charge is 2.38. The zero-order chi connectivity index (χ0) is 16.1. The Labute approximate surface area is 139 Å². The number of sulfone groups is 1. The maximum absolute atomic E-state index is 12.3. The molecule has 22 heavy (non-hydrogen) atoms. The molecule has 10 heteroatoms. The summed E-state index contributed by atoms with van der Waals surface area (Å²) in [5.74, 6) is -0.484. The van der Waals surface area contributed by atoms with E-state index in [2.05, 4.69) is 9.69 Å². The fourth-order valence-electron chi connectivity index (χ4n) is 2.36. The molecular weight excluding hydrogens is 368 g/mol. The number of amides is 1. The van der Waals surface area contributed by atoms with Crippen molar-refractivity contribution >= 4 is 50.2 Å². The maximum Gasteiger partial charge on any atom is 0.277 e. The summed E-state index contributed by atoms with van der Waals surface area (Å²) in [6.07, 6.45) is 0.286. The van der Waals surface area contributed by atoms with Crippen LogP contribution in [0.4, 0.5) is 0 Å². The Bertz CT molecular complexity index is 896. The van der Waals surface area contributed by atoms with Crippen molar-refractivity contribution in [1.82, 2.24) is 9.69 Å². The highest BCUT2D eigenvalue weighted by atomic mass is 35.5. The van der Waals surface area contributed by atoms with Gasteiger partial charge in [0.05, 0.1) is 11.3 Å². The van der Waals surface area contributed by atoms with Crippen molar-refractivity contribution in [1.29, 1.82) is 0 Å². The molecule has 0 radical (unpaired) electrons. The molecule has 1 aliphatic heterocycles. The summed E-state index contributed by atoms with van der Waals surface area (Å²) >= 11 is 7.80. The van der Waals surface area contributed by atoms with Crippen LogP contribution < -0.4 is 10.9 Å². The van der Waals surface area contributed by atoms with Gasteiger partial charge in [-0.15, -0.1) is 11.3 Å². The predicted octanol–water partition coefficient (Wildman–Crippen LogP) is 2.19. The quantitative estimate of drug-likeness (QED) is 0.837. The van der Waals surface area contributed by atoms with E-state index in [4.69, 9.17) is 11.6 Å². The fraction of sp³-hybridized carbons (Fsp3) is 0.333. The van der Waals surface area contributed by atoms with Gasteiger partial charge in [-0.05, 0) is 24.8 Å². The molecule has 3 rings (SSSR count). The third kappa shape index (κ3) is 2.41. The largest absolute Gasteiger partial charge is 0.344 e. The van der Waals surface area contributed by atoms with Gasteiger partial charge in [0, 0.05) is 5.56 Å². The van der Waals surface area contributed by atoms with Crippen LogP contribution in [-0.2, 0) is 9.84 Å². The second-order valence-corrected chi connectivity index (χ2v) is 9.63. The molecule has 0 fully saturated rings. The summed E-state index contributed by atoms with van der Waals surface area (Å²) in [5.41, 5.74) is 0.0862.